The molecule has 0 aliphatic rings. The van der Waals surface area contributed by atoms with Crippen LogP contribution < -0.4 is 15.6 Å². The lowest BCUT2D eigenvalue weighted by molar-refractivity contribution is -0.131. The van der Waals surface area contributed by atoms with E-state index < -0.39 is 22.6 Å². The molecule has 4 rings (SSSR count). The molecule has 1 aromatic heterocycles. The number of carboxylic acids is 1. The summed E-state index contributed by atoms with van der Waals surface area (Å²) in [5.41, 5.74) is -0.256. The van der Waals surface area contributed by atoms with Gasteiger partial charge in [-0.15, -0.1) is 0 Å². The zero-order chi connectivity index (χ0) is 23.9. The van der Waals surface area contributed by atoms with Crippen molar-refractivity contribution in [2.75, 3.05) is 6.61 Å². The number of aliphatic carboxylic acids is 1. The minimum absolute atomic E-state index is 0.0735. The zero-order valence-electron chi connectivity index (χ0n) is 19.1. The highest BCUT2D eigenvalue weighted by atomic mass is 16.5. The number of carbonyl (C=O) groups excluding carboxylic acids is 1. The molecule has 0 amide bonds. The van der Waals surface area contributed by atoms with E-state index in [-0.39, 0.29) is 16.3 Å². The van der Waals surface area contributed by atoms with Crippen LogP contribution in [0.2, 0.25) is 0 Å². The van der Waals surface area contributed by atoms with Crippen LogP contribution in [0.5, 0.6) is 5.75 Å². The molecular formula is C26H27NO6. The van der Waals surface area contributed by atoms with Crippen LogP contribution in [0.3, 0.4) is 0 Å². The van der Waals surface area contributed by atoms with Crippen LogP contribution in [-0.2, 0) is 11.3 Å². The van der Waals surface area contributed by atoms with Gasteiger partial charge in [-0.1, -0.05) is 33.1 Å². The number of carbonyl (C=O) groups is 2. The highest BCUT2D eigenvalue weighted by molar-refractivity contribution is 6.43. The van der Waals surface area contributed by atoms with Crippen LogP contribution in [0.25, 0.3) is 32.6 Å². The number of ether oxygens (including phenoxy) is 1. The van der Waals surface area contributed by atoms with Crippen LogP contribution >= 0.6 is 0 Å². The molecule has 0 fully saturated rings. The number of carboxylic acid groups (broad SMARTS) is 1. The van der Waals surface area contributed by atoms with Gasteiger partial charge in [-0.3, -0.25) is 14.4 Å². The highest BCUT2D eigenvalue weighted by Crippen LogP contribution is 2.37. The Kier molecular flexibility index (Phi) is 6.06. The second kappa shape index (κ2) is 8.81. The Morgan fingerprint density at radius 2 is 1.76 bits per heavy atom. The summed E-state index contributed by atoms with van der Waals surface area (Å²) in [5, 5.41) is 10.7. The third-order valence-electron chi connectivity index (χ3n) is 6.51. The van der Waals surface area contributed by atoms with Gasteiger partial charge in [-0.05, 0) is 43.5 Å². The van der Waals surface area contributed by atoms with Crippen molar-refractivity contribution < 1.29 is 19.4 Å². The van der Waals surface area contributed by atoms with E-state index in [1.807, 2.05) is 25.1 Å². The van der Waals surface area contributed by atoms with Crippen molar-refractivity contribution in [3.8, 4) is 5.75 Å². The number of hydrogen-bond acceptors (Lipinski definition) is 5. The molecule has 7 heteroatoms. The first-order valence-corrected chi connectivity index (χ1v) is 11.5. The Morgan fingerprint density at radius 1 is 1.03 bits per heavy atom. The fourth-order valence-electron chi connectivity index (χ4n) is 4.78. The predicted molar refractivity (Wildman–Crippen MR) is 128 cm³/mol. The molecule has 172 valence electrons. The summed E-state index contributed by atoms with van der Waals surface area (Å²) < 4.78 is 7.72. The number of ketones is 1. The van der Waals surface area contributed by atoms with Crippen LogP contribution in [0, 0.1) is 5.92 Å². The van der Waals surface area contributed by atoms with Crippen molar-refractivity contribution in [1.82, 2.24) is 4.57 Å². The molecule has 1 unspecified atom stereocenters. The first-order chi connectivity index (χ1) is 15.8. The summed E-state index contributed by atoms with van der Waals surface area (Å²) in [7, 11) is 0. The SMILES string of the molecule is CCCCC(CC)Cn1c2ccc(OCC)cc2c2cc(C(=O)C(=O)O)c3c(=O)c(=O)c3c21. The number of Topliss-reactive ketones (excluding diaryl/α,β-unsaturated/α-hetero) is 1. The Balaban J connectivity index is 2.09. The summed E-state index contributed by atoms with van der Waals surface area (Å²) in [6.45, 7) is 7.30. The summed E-state index contributed by atoms with van der Waals surface area (Å²) >= 11 is 0. The van der Waals surface area contributed by atoms with Crippen molar-refractivity contribution in [2.24, 2.45) is 5.92 Å². The lowest BCUT2D eigenvalue weighted by Crippen LogP contribution is -2.34. The molecule has 0 aliphatic carbocycles. The van der Waals surface area contributed by atoms with Crippen LogP contribution in [0.4, 0.5) is 0 Å². The molecule has 0 saturated carbocycles. The Labute approximate surface area is 190 Å². The highest BCUT2D eigenvalue weighted by Gasteiger charge is 2.29. The zero-order valence-corrected chi connectivity index (χ0v) is 19.1. The van der Waals surface area contributed by atoms with Crippen molar-refractivity contribution in [2.45, 2.75) is 53.0 Å². The molecular weight excluding hydrogens is 422 g/mol. The molecule has 0 bridgehead atoms. The minimum atomic E-state index is -1.66. The number of nitrogens with zero attached hydrogens (tertiary/aromatic N) is 1. The molecule has 0 radical (unpaired) electrons. The fraction of sp³-hybridized carbons (Fsp3) is 0.385. The molecule has 4 aromatic rings. The van der Waals surface area contributed by atoms with Gasteiger partial charge in [0.25, 0.3) is 5.78 Å². The molecule has 0 spiro atoms. The largest absolute Gasteiger partial charge is 0.494 e. The maximum atomic E-state index is 12.7. The molecule has 0 aliphatic heterocycles. The lowest BCUT2D eigenvalue weighted by Gasteiger charge is -2.18. The van der Waals surface area contributed by atoms with Gasteiger partial charge < -0.3 is 14.4 Å². The van der Waals surface area contributed by atoms with E-state index in [4.69, 9.17) is 4.74 Å². The van der Waals surface area contributed by atoms with Gasteiger partial charge in [-0.25, -0.2) is 4.79 Å². The summed E-state index contributed by atoms with van der Waals surface area (Å²) in [4.78, 5) is 48.9. The van der Waals surface area contributed by atoms with E-state index in [0.29, 0.717) is 35.7 Å². The average Bonchev–Trinajstić information content (AvgIpc) is 3.11. The molecule has 7 nitrogen and oxygen atoms in total. The lowest BCUT2D eigenvalue weighted by atomic mass is 9.93. The predicted octanol–water partition coefficient (Wildman–Crippen LogP) is 4.43. The van der Waals surface area contributed by atoms with Gasteiger partial charge in [0.05, 0.1) is 22.9 Å². The Morgan fingerprint density at radius 3 is 2.39 bits per heavy atom. The summed E-state index contributed by atoms with van der Waals surface area (Å²) in [6.07, 6.45) is 4.18. The van der Waals surface area contributed by atoms with Crippen LogP contribution in [-0.4, -0.2) is 28.0 Å². The molecule has 1 N–H and O–H groups in total. The van der Waals surface area contributed by atoms with E-state index >= 15 is 0 Å². The second-order valence-corrected chi connectivity index (χ2v) is 8.50. The third kappa shape index (κ3) is 3.61. The topological polar surface area (TPSA) is 103 Å². The number of unbranched alkanes of at least 4 members (excludes halogenated alkanes) is 1. The first kappa shape index (κ1) is 22.7. The Hall–Kier alpha value is -3.48. The van der Waals surface area contributed by atoms with E-state index in [1.165, 1.54) is 6.07 Å². The minimum Gasteiger partial charge on any atom is -0.494 e. The van der Waals surface area contributed by atoms with E-state index in [9.17, 15) is 24.3 Å². The number of aromatic nitrogens is 1. The maximum absolute atomic E-state index is 12.7. The van der Waals surface area contributed by atoms with E-state index in [1.54, 1.807) is 0 Å². The third-order valence-corrected chi connectivity index (χ3v) is 6.51. The fourth-order valence-corrected chi connectivity index (χ4v) is 4.78. The molecule has 1 heterocycles. The smallest absolute Gasteiger partial charge is 0.377 e. The van der Waals surface area contributed by atoms with Gasteiger partial charge in [0.1, 0.15) is 5.75 Å². The van der Waals surface area contributed by atoms with Crippen molar-refractivity contribution in [3.05, 3.63) is 50.3 Å². The standard InChI is InChI=1S/C26H27NO6/c1-4-7-8-14(5-2)13-27-19-10-9-15(33-6-3)11-16(19)17-12-18(23(28)26(31)32)20-21(22(17)27)25(30)24(20)29/h9-12,14H,4-8,13H2,1-3H3,(H,31,32). The van der Waals surface area contributed by atoms with Gasteiger partial charge in [0, 0.05) is 28.4 Å². The number of hydrogen-bond donors (Lipinski definition) is 1. The maximum Gasteiger partial charge on any atom is 0.377 e. The van der Waals surface area contributed by atoms with E-state index in [2.05, 4.69) is 18.4 Å². The first-order valence-electron chi connectivity index (χ1n) is 11.5. The van der Waals surface area contributed by atoms with Gasteiger partial charge >= 0.3 is 5.97 Å². The quantitative estimate of drug-likeness (QED) is 0.284. The van der Waals surface area contributed by atoms with Crippen LogP contribution in [0.1, 0.15) is 56.8 Å². The number of fused-ring (bicyclic) bond motifs is 5. The van der Waals surface area contributed by atoms with Crippen LogP contribution in [0.15, 0.2) is 33.9 Å². The van der Waals surface area contributed by atoms with Crippen molar-refractivity contribution >= 4 is 44.3 Å². The summed E-state index contributed by atoms with van der Waals surface area (Å²) in [6, 6.07) is 7.08. The normalized spacial score (nSPS) is 12.7. The summed E-state index contributed by atoms with van der Waals surface area (Å²) in [5.74, 6) is -1.84. The van der Waals surface area contributed by atoms with Gasteiger partial charge in [-0.2, -0.15) is 0 Å². The Bertz CT molecular complexity index is 1470. The molecule has 0 saturated heterocycles. The number of benzene rings is 2. The number of rotatable bonds is 10. The second-order valence-electron chi connectivity index (χ2n) is 8.50. The average molecular weight is 450 g/mol. The van der Waals surface area contributed by atoms with Gasteiger partial charge in [0.15, 0.2) is 0 Å². The van der Waals surface area contributed by atoms with Crippen molar-refractivity contribution in [3.63, 3.8) is 0 Å². The van der Waals surface area contributed by atoms with E-state index in [0.717, 1.165) is 36.6 Å². The van der Waals surface area contributed by atoms with Gasteiger partial charge in [0.2, 0.25) is 10.9 Å². The molecule has 1 atom stereocenters. The monoisotopic (exact) mass is 449 g/mol. The molecule has 3 aromatic carbocycles. The molecule has 33 heavy (non-hydrogen) atoms. The van der Waals surface area contributed by atoms with Crippen molar-refractivity contribution in [1.29, 1.82) is 0 Å².